The number of hydrogen-bond acceptors (Lipinski definition) is 6. The summed E-state index contributed by atoms with van der Waals surface area (Å²) in [7, 11) is 1.54. The molecule has 0 spiro atoms. The molecule has 0 fully saturated rings. The van der Waals surface area contributed by atoms with Crippen LogP contribution in [0.15, 0.2) is 47.1 Å². The molecule has 0 aliphatic rings. The molecule has 31 heavy (non-hydrogen) atoms. The summed E-state index contributed by atoms with van der Waals surface area (Å²) in [6.07, 6.45) is 1.46. The van der Waals surface area contributed by atoms with Crippen LogP contribution in [0.3, 0.4) is 0 Å². The number of pyridine rings is 1. The lowest BCUT2D eigenvalue weighted by atomic mass is 9.93. The summed E-state index contributed by atoms with van der Waals surface area (Å²) in [5.74, 6) is 1.23. The minimum atomic E-state index is -0.501. The van der Waals surface area contributed by atoms with Gasteiger partial charge < -0.3 is 19.9 Å². The molecule has 2 heterocycles. The Morgan fingerprint density at radius 1 is 1.10 bits per heavy atom. The van der Waals surface area contributed by atoms with Gasteiger partial charge in [0.05, 0.1) is 5.02 Å². The summed E-state index contributed by atoms with van der Waals surface area (Å²) in [4.78, 5) is 28.0. The number of ether oxygens (including phenoxy) is 1. The number of halogens is 1. The summed E-state index contributed by atoms with van der Waals surface area (Å²) in [6, 6.07) is 8.97. The van der Waals surface area contributed by atoms with E-state index in [1.165, 1.54) is 25.4 Å². The molecule has 0 radical (unpaired) electrons. The molecule has 0 aliphatic carbocycles. The number of carbonyl (C=O) groups excluding carboxylic acids is 2. The van der Waals surface area contributed by atoms with Gasteiger partial charge in [-0.3, -0.25) is 10.1 Å². The first-order chi connectivity index (χ1) is 14.7. The minimum absolute atomic E-state index is 0.210. The van der Waals surface area contributed by atoms with Gasteiger partial charge in [0.2, 0.25) is 5.88 Å². The molecule has 3 aromatic rings. The van der Waals surface area contributed by atoms with Gasteiger partial charge in [-0.1, -0.05) is 37.5 Å². The molecule has 10 heteroatoms. The van der Waals surface area contributed by atoms with E-state index in [1.54, 1.807) is 24.3 Å². The van der Waals surface area contributed by atoms with Crippen LogP contribution in [0, 0.1) is 0 Å². The first-order valence-corrected chi connectivity index (χ1v) is 9.74. The molecule has 1 aromatic carbocycles. The third kappa shape index (κ3) is 5.73. The number of hydrogen-bond donors (Lipinski definition) is 3. The van der Waals surface area contributed by atoms with Gasteiger partial charge in [0.25, 0.3) is 5.91 Å². The maximum Gasteiger partial charge on any atom is 0.324 e. The van der Waals surface area contributed by atoms with E-state index in [1.807, 2.05) is 20.8 Å². The van der Waals surface area contributed by atoms with E-state index in [9.17, 15) is 9.59 Å². The van der Waals surface area contributed by atoms with Crippen molar-refractivity contribution in [3.63, 3.8) is 0 Å². The van der Waals surface area contributed by atoms with Crippen LogP contribution < -0.4 is 20.7 Å². The van der Waals surface area contributed by atoms with Crippen LogP contribution in [0.5, 0.6) is 11.6 Å². The Labute approximate surface area is 184 Å². The Balaban J connectivity index is 1.65. The first kappa shape index (κ1) is 22.1. The number of carbonyl (C=O) groups is 2. The fourth-order valence-electron chi connectivity index (χ4n) is 2.49. The quantitative estimate of drug-likeness (QED) is 0.520. The molecule has 162 valence electrons. The third-order valence-electron chi connectivity index (χ3n) is 4.12. The highest BCUT2D eigenvalue weighted by Crippen LogP contribution is 2.31. The molecule has 0 bridgehead atoms. The first-order valence-electron chi connectivity index (χ1n) is 9.36. The van der Waals surface area contributed by atoms with E-state index in [2.05, 4.69) is 26.1 Å². The van der Waals surface area contributed by atoms with Crippen LogP contribution in [0.2, 0.25) is 5.02 Å². The number of anilines is 2. The van der Waals surface area contributed by atoms with Crippen LogP contribution in [0.4, 0.5) is 16.3 Å². The lowest BCUT2D eigenvalue weighted by Gasteiger charge is -2.12. The second-order valence-corrected chi connectivity index (χ2v) is 8.02. The standard InChI is InChI=1S/C21H22ClN5O4/c1-21(2,3)16-11-17(27-31-16)26-20(29)25-13-5-6-15(14(22)10-13)30-18-9-12(7-8-24-18)19(28)23-4/h5-11H,1-4H3,(H,23,28)(H2,25,26,27,29). The van der Waals surface area contributed by atoms with E-state index >= 15 is 0 Å². The molecule has 0 saturated carbocycles. The van der Waals surface area contributed by atoms with Crippen molar-refractivity contribution in [1.29, 1.82) is 0 Å². The lowest BCUT2D eigenvalue weighted by molar-refractivity contribution is 0.0962. The van der Waals surface area contributed by atoms with Gasteiger partial charge in [-0.05, 0) is 24.3 Å². The summed E-state index contributed by atoms with van der Waals surface area (Å²) in [5.41, 5.74) is 0.629. The molecular formula is C21H22ClN5O4. The number of rotatable bonds is 5. The van der Waals surface area contributed by atoms with Crippen LogP contribution in [-0.4, -0.2) is 29.1 Å². The van der Waals surface area contributed by atoms with Crippen LogP contribution in [0.25, 0.3) is 0 Å². The number of aromatic nitrogens is 2. The fourth-order valence-corrected chi connectivity index (χ4v) is 2.71. The van der Waals surface area contributed by atoms with Gasteiger partial charge in [0.15, 0.2) is 5.82 Å². The number of nitrogens with zero attached hydrogens (tertiary/aromatic N) is 2. The molecular weight excluding hydrogens is 422 g/mol. The van der Waals surface area contributed by atoms with Gasteiger partial charge in [-0.25, -0.2) is 9.78 Å². The SMILES string of the molecule is CNC(=O)c1ccnc(Oc2ccc(NC(=O)Nc3cc(C(C)(C)C)on3)cc2Cl)c1. The molecule has 9 nitrogen and oxygen atoms in total. The van der Waals surface area contributed by atoms with Crippen molar-refractivity contribution in [1.82, 2.24) is 15.5 Å². The molecule has 0 atom stereocenters. The van der Waals surface area contributed by atoms with Crippen molar-refractivity contribution >= 4 is 35.0 Å². The summed E-state index contributed by atoms with van der Waals surface area (Å²) >= 11 is 6.27. The largest absolute Gasteiger partial charge is 0.437 e. The number of benzene rings is 1. The summed E-state index contributed by atoms with van der Waals surface area (Å²) < 4.78 is 10.9. The monoisotopic (exact) mass is 443 g/mol. The van der Waals surface area contributed by atoms with E-state index in [0.29, 0.717) is 28.6 Å². The Morgan fingerprint density at radius 2 is 1.87 bits per heavy atom. The van der Waals surface area contributed by atoms with Crippen LogP contribution >= 0.6 is 11.6 Å². The van der Waals surface area contributed by atoms with Gasteiger partial charge in [0, 0.05) is 42.0 Å². The zero-order valence-corrected chi connectivity index (χ0v) is 18.2. The Bertz CT molecular complexity index is 1110. The van der Waals surface area contributed by atoms with Gasteiger partial charge in [-0.15, -0.1) is 0 Å². The average molecular weight is 444 g/mol. The summed E-state index contributed by atoms with van der Waals surface area (Å²) in [5, 5.41) is 11.9. The Kier molecular flexibility index (Phi) is 6.45. The van der Waals surface area contributed by atoms with Crippen molar-refractivity contribution in [2.75, 3.05) is 17.7 Å². The van der Waals surface area contributed by atoms with E-state index in [-0.39, 0.29) is 22.2 Å². The normalized spacial score (nSPS) is 11.0. The van der Waals surface area contributed by atoms with Crippen molar-refractivity contribution in [3.8, 4) is 11.6 Å². The molecule has 3 amide bonds. The van der Waals surface area contributed by atoms with Gasteiger partial charge >= 0.3 is 6.03 Å². The topological polar surface area (TPSA) is 118 Å². The number of nitrogens with one attached hydrogen (secondary N) is 3. The highest BCUT2D eigenvalue weighted by molar-refractivity contribution is 6.32. The van der Waals surface area contributed by atoms with E-state index in [0.717, 1.165) is 0 Å². The maximum absolute atomic E-state index is 12.2. The van der Waals surface area contributed by atoms with Gasteiger partial charge in [0.1, 0.15) is 11.5 Å². The Hall–Kier alpha value is -3.59. The second kappa shape index (κ2) is 9.05. The zero-order valence-electron chi connectivity index (χ0n) is 17.4. The maximum atomic E-state index is 12.2. The Morgan fingerprint density at radius 3 is 2.52 bits per heavy atom. The molecule has 0 saturated heterocycles. The fraction of sp³-hybridized carbons (Fsp3) is 0.238. The predicted molar refractivity (Wildman–Crippen MR) is 117 cm³/mol. The lowest BCUT2D eigenvalue weighted by Crippen LogP contribution is -2.19. The van der Waals surface area contributed by atoms with E-state index in [4.69, 9.17) is 20.9 Å². The number of urea groups is 1. The van der Waals surface area contributed by atoms with Crippen molar-refractivity contribution in [3.05, 3.63) is 58.9 Å². The van der Waals surface area contributed by atoms with E-state index < -0.39 is 6.03 Å². The highest BCUT2D eigenvalue weighted by Gasteiger charge is 2.20. The second-order valence-electron chi connectivity index (χ2n) is 7.61. The third-order valence-corrected chi connectivity index (χ3v) is 4.41. The molecule has 3 rings (SSSR count). The van der Waals surface area contributed by atoms with Gasteiger partial charge in [-0.2, -0.15) is 0 Å². The van der Waals surface area contributed by atoms with Crippen molar-refractivity contribution < 1.29 is 18.8 Å². The van der Waals surface area contributed by atoms with Crippen molar-refractivity contribution in [2.24, 2.45) is 0 Å². The number of amides is 3. The molecule has 0 unspecified atom stereocenters. The van der Waals surface area contributed by atoms with Crippen LogP contribution in [-0.2, 0) is 5.41 Å². The average Bonchev–Trinajstić information content (AvgIpc) is 3.18. The molecule has 3 N–H and O–H groups in total. The van der Waals surface area contributed by atoms with Crippen molar-refractivity contribution in [2.45, 2.75) is 26.2 Å². The molecule has 0 aliphatic heterocycles. The van der Waals surface area contributed by atoms with Crippen LogP contribution in [0.1, 0.15) is 36.9 Å². The predicted octanol–water partition coefficient (Wildman–Crippen LogP) is 4.82. The minimum Gasteiger partial charge on any atom is -0.437 e. The molecule has 2 aromatic heterocycles. The highest BCUT2D eigenvalue weighted by atomic mass is 35.5. The zero-order chi connectivity index (χ0) is 22.6. The smallest absolute Gasteiger partial charge is 0.324 e. The summed E-state index contributed by atoms with van der Waals surface area (Å²) in [6.45, 7) is 5.94.